The molecule has 284 valence electrons. The van der Waals surface area contributed by atoms with Crippen LogP contribution in [0.15, 0.2) is 79.4 Å². The summed E-state index contributed by atoms with van der Waals surface area (Å²) >= 11 is 0. The maximum Gasteiger partial charge on any atom is 0.259 e. The van der Waals surface area contributed by atoms with Crippen molar-refractivity contribution < 1.29 is 9.59 Å². The van der Waals surface area contributed by atoms with Crippen molar-refractivity contribution in [2.45, 2.75) is 32.5 Å². The predicted octanol–water partition coefficient (Wildman–Crippen LogP) is 5.15. The molecule has 1 aliphatic heterocycles. The zero-order valence-electron chi connectivity index (χ0n) is 32.1. The Balaban J connectivity index is 1.19. The number of pyridine rings is 4. The first-order chi connectivity index (χ1) is 27.2. The average molecular weight is 749 g/mol. The van der Waals surface area contributed by atoms with Crippen LogP contribution in [-0.2, 0) is 6.54 Å². The normalized spacial score (nSPS) is 16.2. The van der Waals surface area contributed by atoms with Crippen molar-refractivity contribution in [1.82, 2.24) is 49.2 Å². The molecule has 2 atom stereocenters. The lowest BCUT2D eigenvalue weighted by Gasteiger charge is -2.36. The van der Waals surface area contributed by atoms with Crippen molar-refractivity contribution in [2.24, 2.45) is 0 Å². The predicted molar refractivity (Wildman–Crippen MR) is 222 cm³/mol. The quantitative estimate of drug-likeness (QED) is 0.156. The zero-order valence-corrected chi connectivity index (χ0v) is 32.1. The lowest BCUT2D eigenvalue weighted by Crippen LogP contribution is -2.56. The summed E-state index contributed by atoms with van der Waals surface area (Å²) in [5, 5.41) is 15.2. The van der Waals surface area contributed by atoms with Gasteiger partial charge in [0, 0.05) is 87.4 Å². The van der Waals surface area contributed by atoms with Crippen LogP contribution in [0.5, 0.6) is 0 Å². The van der Waals surface area contributed by atoms with Crippen LogP contribution in [0.4, 0.5) is 11.4 Å². The summed E-state index contributed by atoms with van der Waals surface area (Å²) in [6, 6.07) is 18.3. The molecule has 2 aromatic carbocycles. The molecular weight excluding hydrogens is 705 g/mol. The highest BCUT2D eigenvalue weighted by molar-refractivity contribution is 6.15. The van der Waals surface area contributed by atoms with Gasteiger partial charge in [-0.3, -0.25) is 28.4 Å². The minimum Gasteiger partial charge on any atom is -0.387 e. The summed E-state index contributed by atoms with van der Waals surface area (Å²) < 4.78 is 4.12. The van der Waals surface area contributed by atoms with E-state index in [9.17, 15) is 9.59 Å². The number of aromatic nitrogens is 6. The van der Waals surface area contributed by atoms with E-state index in [1.165, 1.54) is 0 Å². The fourth-order valence-electron chi connectivity index (χ4n) is 8.31. The third kappa shape index (κ3) is 5.88. The van der Waals surface area contributed by atoms with E-state index in [2.05, 4.69) is 55.5 Å². The second kappa shape index (κ2) is 14.0. The number of para-hydroxylation sites is 2. The van der Waals surface area contributed by atoms with Crippen LogP contribution in [0.1, 0.15) is 40.1 Å². The Morgan fingerprint density at radius 1 is 0.804 bits per heavy atom. The van der Waals surface area contributed by atoms with E-state index in [1.807, 2.05) is 90.1 Å². The molecule has 1 aliphatic rings. The molecule has 56 heavy (non-hydrogen) atoms. The molecule has 14 nitrogen and oxygen atoms in total. The largest absolute Gasteiger partial charge is 0.387 e. The number of piperazine rings is 1. The standard InChI is InChI=1S/C42H44N12O2/c1-24-22-52(23-25(2)48-24)42(56)36-38(28-21-45-15-13-32(28)53-33-9-7-6-8-29(33)49-40(36)53)47-19-26-10-11-30-34(18-26)54-31-12-14-44-20-27(31)37(43-3)35(39(54)50-30)41(55)46-16-17-51(4)5/h6-15,18,20-21,24-25,43,47-48H,16-17,19,22-23H2,1-5H3,(H,46,55). The third-order valence-electron chi connectivity index (χ3n) is 10.7. The number of fused-ring (bicyclic) bond motifs is 10. The molecule has 1 saturated heterocycles. The van der Waals surface area contributed by atoms with Crippen LogP contribution in [0.2, 0.25) is 0 Å². The second-order valence-corrected chi connectivity index (χ2v) is 15.0. The fourth-order valence-corrected chi connectivity index (χ4v) is 8.31. The highest BCUT2D eigenvalue weighted by atomic mass is 16.2. The van der Waals surface area contributed by atoms with Crippen molar-refractivity contribution in [3.05, 3.63) is 96.1 Å². The van der Waals surface area contributed by atoms with Gasteiger partial charge in [-0.2, -0.15) is 0 Å². The number of hydrogen-bond acceptors (Lipinski definition) is 10. The Bertz CT molecular complexity index is 2830. The number of rotatable bonds is 9. The van der Waals surface area contributed by atoms with E-state index in [0.29, 0.717) is 66.5 Å². The first kappa shape index (κ1) is 35.3. The smallest absolute Gasteiger partial charge is 0.259 e. The summed E-state index contributed by atoms with van der Waals surface area (Å²) in [5.41, 5.74) is 9.56. The number of hydrogen-bond donors (Lipinski definition) is 4. The molecule has 4 N–H and O–H groups in total. The number of benzene rings is 2. The van der Waals surface area contributed by atoms with Crippen LogP contribution >= 0.6 is 0 Å². The molecule has 2 amide bonds. The Morgan fingerprint density at radius 2 is 1.45 bits per heavy atom. The molecule has 7 heterocycles. The van der Waals surface area contributed by atoms with E-state index in [1.54, 1.807) is 18.6 Å². The lowest BCUT2D eigenvalue weighted by molar-refractivity contribution is 0.0676. The first-order valence-electron chi connectivity index (χ1n) is 19.0. The van der Waals surface area contributed by atoms with E-state index in [4.69, 9.17) is 9.97 Å². The summed E-state index contributed by atoms with van der Waals surface area (Å²) in [6.07, 6.45) is 7.13. The average Bonchev–Trinajstić information content (AvgIpc) is 3.77. The van der Waals surface area contributed by atoms with Gasteiger partial charge in [0.05, 0.1) is 44.5 Å². The van der Waals surface area contributed by atoms with Gasteiger partial charge in [0.25, 0.3) is 11.8 Å². The lowest BCUT2D eigenvalue weighted by atomic mass is 10.1. The minimum absolute atomic E-state index is 0.0761. The number of carbonyl (C=O) groups is 2. The van der Waals surface area contributed by atoms with Gasteiger partial charge >= 0.3 is 0 Å². The Labute approximate surface area is 322 Å². The zero-order chi connectivity index (χ0) is 38.7. The maximum atomic E-state index is 14.8. The SMILES string of the molecule is CNc1c(C(=O)NCCN(C)C)c2nc3ccc(CNc4c(C(=O)N5CC(C)NC(C)C5)c5nc6ccccc6n5c5ccncc45)cc3n2c2ccncc12. The van der Waals surface area contributed by atoms with Crippen molar-refractivity contribution in [2.75, 3.05) is 58.0 Å². The first-order valence-corrected chi connectivity index (χ1v) is 19.0. The number of carbonyl (C=O) groups excluding carboxylic acids is 2. The molecule has 0 saturated carbocycles. The van der Waals surface area contributed by atoms with Gasteiger partial charge < -0.3 is 31.1 Å². The van der Waals surface area contributed by atoms with Crippen molar-refractivity contribution in [1.29, 1.82) is 0 Å². The molecule has 0 bridgehead atoms. The molecule has 1 fully saturated rings. The van der Waals surface area contributed by atoms with E-state index in [-0.39, 0.29) is 23.9 Å². The summed E-state index contributed by atoms with van der Waals surface area (Å²) in [4.78, 5) is 51.7. The summed E-state index contributed by atoms with van der Waals surface area (Å²) in [6.45, 7) is 6.96. The molecule has 0 aliphatic carbocycles. The number of nitrogens with zero attached hydrogens (tertiary/aromatic N) is 8. The highest BCUT2D eigenvalue weighted by Crippen LogP contribution is 2.37. The van der Waals surface area contributed by atoms with Crippen molar-refractivity contribution in [3.8, 4) is 0 Å². The van der Waals surface area contributed by atoms with Gasteiger partial charge in [0.2, 0.25) is 0 Å². The van der Waals surface area contributed by atoms with Crippen LogP contribution in [-0.4, -0.2) is 110 Å². The molecule has 6 aromatic heterocycles. The van der Waals surface area contributed by atoms with Gasteiger partial charge in [0.1, 0.15) is 11.1 Å². The van der Waals surface area contributed by atoms with Crippen molar-refractivity contribution in [3.63, 3.8) is 0 Å². The third-order valence-corrected chi connectivity index (χ3v) is 10.7. The second-order valence-electron chi connectivity index (χ2n) is 15.0. The Morgan fingerprint density at radius 3 is 2.14 bits per heavy atom. The van der Waals surface area contributed by atoms with Crippen LogP contribution in [0.25, 0.3) is 55.2 Å². The molecule has 8 aromatic rings. The van der Waals surface area contributed by atoms with Crippen LogP contribution in [0.3, 0.4) is 0 Å². The molecule has 14 heteroatoms. The van der Waals surface area contributed by atoms with Gasteiger partial charge in [-0.25, -0.2) is 9.97 Å². The van der Waals surface area contributed by atoms with E-state index in [0.717, 1.165) is 49.4 Å². The maximum absolute atomic E-state index is 14.8. The van der Waals surface area contributed by atoms with Crippen molar-refractivity contribution >= 4 is 78.4 Å². The highest BCUT2D eigenvalue weighted by Gasteiger charge is 2.31. The molecule has 2 unspecified atom stereocenters. The Hall–Kier alpha value is -6.38. The number of likely N-dealkylation sites (N-methyl/N-ethyl adjacent to an activating group) is 1. The molecular formula is C42H44N12O2. The van der Waals surface area contributed by atoms with Crippen LogP contribution in [0, 0.1) is 0 Å². The fraction of sp³-hybridized carbons (Fsp3) is 0.286. The van der Waals surface area contributed by atoms with Gasteiger partial charge in [-0.05, 0) is 69.9 Å². The minimum atomic E-state index is -0.211. The number of anilines is 2. The van der Waals surface area contributed by atoms with E-state index < -0.39 is 0 Å². The molecule has 0 radical (unpaired) electrons. The summed E-state index contributed by atoms with van der Waals surface area (Å²) in [5.74, 6) is -0.287. The van der Waals surface area contributed by atoms with Gasteiger partial charge in [-0.1, -0.05) is 18.2 Å². The Kier molecular flexibility index (Phi) is 8.86. The molecule has 0 spiro atoms. The van der Waals surface area contributed by atoms with Gasteiger partial charge in [0.15, 0.2) is 11.3 Å². The summed E-state index contributed by atoms with van der Waals surface area (Å²) in [7, 11) is 5.76. The molecule has 9 rings (SSSR count). The monoisotopic (exact) mass is 748 g/mol. The topological polar surface area (TPSA) is 149 Å². The van der Waals surface area contributed by atoms with E-state index >= 15 is 0 Å². The van der Waals surface area contributed by atoms with Crippen LogP contribution < -0.4 is 21.3 Å². The number of amides is 2. The number of nitrogens with one attached hydrogen (secondary N) is 4. The number of imidazole rings is 2. The van der Waals surface area contributed by atoms with Gasteiger partial charge in [-0.15, -0.1) is 0 Å².